The standard InChI is InChI=1S/C14H25N3O/c1-10-12(11(2)17(4)15-10)9-16(3)13-7-5-6-8-14(13)18/h13-14,18H,5-9H2,1-4H3/t13-,14+/m1/s1. The molecule has 0 amide bonds. The van der Waals surface area contributed by atoms with Crippen molar-refractivity contribution in [3.63, 3.8) is 0 Å². The smallest absolute Gasteiger partial charge is 0.0695 e. The zero-order chi connectivity index (χ0) is 13.3. The number of nitrogens with zero attached hydrogens (tertiary/aromatic N) is 3. The summed E-state index contributed by atoms with van der Waals surface area (Å²) in [5, 5.41) is 14.6. The maximum atomic E-state index is 10.1. The van der Waals surface area contributed by atoms with Crippen LogP contribution < -0.4 is 0 Å². The summed E-state index contributed by atoms with van der Waals surface area (Å²) in [5.74, 6) is 0. The van der Waals surface area contributed by atoms with E-state index in [2.05, 4.69) is 30.9 Å². The molecule has 0 unspecified atom stereocenters. The number of aromatic nitrogens is 2. The van der Waals surface area contributed by atoms with Gasteiger partial charge in [-0.25, -0.2) is 0 Å². The van der Waals surface area contributed by atoms with Crippen LogP contribution in [0.4, 0.5) is 0 Å². The zero-order valence-corrected chi connectivity index (χ0v) is 12.0. The van der Waals surface area contributed by atoms with Crippen LogP contribution in [0.15, 0.2) is 0 Å². The van der Waals surface area contributed by atoms with Gasteiger partial charge in [0.2, 0.25) is 0 Å². The number of likely N-dealkylation sites (N-methyl/N-ethyl adjacent to an activating group) is 1. The lowest BCUT2D eigenvalue weighted by Gasteiger charge is -2.35. The van der Waals surface area contributed by atoms with Crippen LogP contribution in [0.1, 0.15) is 42.6 Å². The third-order valence-electron chi connectivity index (χ3n) is 4.33. The monoisotopic (exact) mass is 251 g/mol. The highest BCUT2D eigenvalue weighted by Gasteiger charge is 2.27. The van der Waals surface area contributed by atoms with Crippen LogP contribution in [0.2, 0.25) is 0 Å². The van der Waals surface area contributed by atoms with Crippen molar-refractivity contribution in [2.75, 3.05) is 7.05 Å². The van der Waals surface area contributed by atoms with Gasteiger partial charge in [0.25, 0.3) is 0 Å². The Kier molecular flexibility index (Phi) is 4.07. The molecule has 0 spiro atoms. The Hall–Kier alpha value is -0.870. The minimum absolute atomic E-state index is 0.166. The lowest BCUT2D eigenvalue weighted by atomic mass is 9.91. The van der Waals surface area contributed by atoms with E-state index < -0.39 is 0 Å². The van der Waals surface area contributed by atoms with E-state index in [0.717, 1.165) is 31.5 Å². The third kappa shape index (κ3) is 2.59. The van der Waals surface area contributed by atoms with Gasteiger partial charge in [0.1, 0.15) is 0 Å². The van der Waals surface area contributed by atoms with Gasteiger partial charge in [0.05, 0.1) is 11.8 Å². The van der Waals surface area contributed by atoms with E-state index in [1.807, 2.05) is 11.7 Å². The van der Waals surface area contributed by atoms with Crippen LogP contribution in [0.3, 0.4) is 0 Å². The van der Waals surface area contributed by atoms with E-state index in [9.17, 15) is 5.11 Å². The molecule has 102 valence electrons. The van der Waals surface area contributed by atoms with E-state index in [4.69, 9.17) is 0 Å². The summed E-state index contributed by atoms with van der Waals surface area (Å²) < 4.78 is 1.94. The van der Waals surface area contributed by atoms with E-state index in [-0.39, 0.29) is 6.10 Å². The van der Waals surface area contributed by atoms with Gasteiger partial charge in [-0.05, 0) is 33.7 Å². The third-order valence-corrected chi connectivity index (χ3v) is 4.33. The van der Waals surface area contributed by atoms with Crippen LogP contribution in [-0.4, -0.2) is 39.0 Å². The summed E-state index contributed by atoms with van der Waals surface area (Å²) in [6.45, 7) is 5.06. The fraction of sp³-hybridized carbons (Fsp3) is 0.786. The Morgan fingerprint density at radius 2 is 2.00 bits per heavy atom. The van der Waals surface area contributed by atoms with E-state index in [1.54, 1.807) is 0 Å². The Bertz CT molecular complexity index is 413. The minimum atomic E-state index is -0.166. The first-order valence-electron chi connectivity index (χ1n) is 6.88. The molecule has 1 N–H and O–H groups in total. The quantitative estimate of drug-likeness (QED) is 0.890. The van der Waals surface area contributed by atoms with Crippen molar-refractivity contribution in [2.24, 2.45) is 7.05 Å². The van der Waals surface area contributed by atoms with Gasteiger partial charge < -0.3 is 5.11 Å². The number of rotatable bonds is 3. The molecule has 0 radical (unpaired) electrons. The van der Waals surface area contributed by atoms with Crippen molar-refractivity contribution in [3.05, 3.63) is 17.0 Å². The van der Waals surface area contributed by atoms with E-state index in [1.165, 1.54) is 17.7 Å². The van der Waals surface area contributed by atoms with E-state index >= 15 is 0 Å². The second kappa shape index (κ2) is 5.41. The summed E-state index contributed by atoms with van der Waals surface area (Å²) in [6, 6.07) is 0.303. The van der Waals surface area contributed by atoms with Crippen LogP contribution in [0.25, 0.3) is 0 Å². The summed E-state index contributed by atoms with van der Waals surface area (Å²) >= 11 is 0. The lowest BCUT2D eigenvalue weighted by molar-refractivity contribution is 0.0287. The average molecular weight is 251 g/mol. The predicted octanol–water partition coefficient (Wildman–Crippen LogP) is 1.77. The van der Waals surface area contributed by atoms with Gasteiger partial charge in [-0.1, -0.05) is 12.8 Å². The fourth-order valence-electron chi connectivity index (χ4n) is 3.02. The maximum absolute atomic E-state index is 10.1. The molecule has 1 aromatic heterocycles. The molecule has 1 heterocycles. The Morgan fingerprint density at radius 1 is 1.33 bits per heavy atom. The van der Waals surface area contributed by atoms with Gasteiger partial charge >= 0.3 is 0 Å². The minimum Gasteiger partial charge on any atom is -0.391 e. The fourth-order valence-corrected chi connectivity index (χ4v) is 3.02. The predicted molar refractivity (Wildman–Crippen MR) is 72.4 cm³/mol. The summed E-state index contributed by atoms with van der Waals surface area (Å²) in [7, 11) is 4.10. The second-order valence-corrected chi connectivity index (χ2v) is 5.61. The summed E-state index contributed by atoms with van der Waals surface area (Å²) in [5.41, 5.74) is 3.63. The number of aryl methyl sites for hydroxylation is 2. The molecule has 1 saturated carbocycles. The molecule has 1 aliphatic carbocycles. The van der Waals surface area contributed by atoms with Crippen molar-refractivity contribution in [3.8, 4) is 0 Å². The molecule has 0 bridgehead atoms. The highest BCUT2D eigenvalue weighted by Crippen LogP contribution is 2.24. The van der Waals surface area contributed by atoms with Crippen molar-refractivity contribution < 1.29 is 5.11 Å². The summed E-state index contributed by atoms with van der Waals surface area (Å²) in [6.07, 6.45) is 4.28. The molecule has 2 atom stereocenters. The molecule has 1 aromatic rings. The molecular formula is C14H25N3O. The zero-order valence-electron chi connectivity index (χ0n) is 12.0. The molecule has 18 heavy (non-hydrogen) atoms. The number of hydrogen-bond donors (Lipinski definition) is 1. The molecular weight excluding hydrogens is 226 g/mol. The lowest BCUT2D eigenvalue weighted by Crippen LogP contribution is -2.43. The molecule has 4 nitrogen and oxygen atoms in total. The Morgan fingerprint density at radius 3 is 2.56 bits per heavy atom. The van der Waals surface area contributed by atoms with Crippen LogP contribution in [-0.2, 0) is 13.6 Å². The summed E-state index contributed by atoms with van der Waals surface area (Å²) in [4.78, 5) is 2.29. The largest absolute Gasteiger partial charge is 0.391 e. The first kappa shape index (κ1) is 13.6. The highest BCUT2D eigenvalue weighted by molar-refractivity contribution is 5.24. The van der Waals surface area contributed by atoms with Gasteiger partial charge in [-0.3, -0.25) is 9.58 Å². The van der Waals surface area contributed by atoms with E-state index in [0.29, 0.717) is 6.04 Å². The van der Waals surface area contributed by atoms with Gasteiger partial charge in [0, 0.05) is 30.9 Å². The van der Waals surface area contributed by atoms with Crippen LogP contribution in [0.5, 0.6) is 0 Å². The second-order valence-electron chi connectivity index (χ2n) is 5.61. The first-order valence-corrected chi connectivity index (χ1v) is 6.88. The molecule has 4 heteroatoms. The Labute approximate surface area is 110 Å². The van der Waals surface area contributed by atoms with Crippen molar-refractivity contribution in [1.82, 2.24) is 14.7 Å². The maximum Gasteiger partial charge on any atom is 0.0695 e. The van der Waals surface area contributed by atoms with Crippen LogP contribution in [0, 0.1) is 13.8 Å². The first-order chi connectivity index (χ1) is 8.50. The highest BCUT2D eigenvalue weighted by atomic mass is 16.3. The van der Waals surface area contributed by atoms with Gasteiger partial charge in [-0.2, -0.15) is 5.10 Å². The molecule has 2 rings (SSSR count). The SMILES string of the molecule is Cc1nn(C)c(C)c1CN(C)[C@@H]1CCCC[C@@H]1O. The number of hydrogen-bond acceptors (Lipinski definition) is 3. The molecule has 1 fully saturated rings. The van der Waals surface area contributed by atoms with Crippen LogP contribution >= 0.6 is 0 Å². The average Bonchev–Trinajstić information content (AvgIpc) is 2.56. The molecule has 0 aromatic carbocycles. The van der Waals surface area contributed by atoms with Gasteiger partial charge in [0.15, 0.2) is 0 Å². The van der Waals surface area contributed by atoms with Crippen molar-refractivity contribution in [1.29, 1.82) is 0 Å². The number of aliphatic hydroxyl groups excluding tert-OH is 1. The van der Waals surface area contributed by atoms with Gasteiger partial charge in [-0.15, -0.1) is 0 Å². The van der Waals surface area contributed by atoms with Crippen molar-refractivity contribution >= 4 is 0 Å². The number of aliphatic hydroxyl groups is 1. The topological polar surface area (TPSA) is 41.3 Å². The van der Waals surface area contributed by atoms with Crippen molar-refractivity contribution in [2.45, 2.75) is 58.2 Å². The molecule has 0 saturated heterocycles. The molecule has 0 aliphatic heterocycles. The molecule has 1 aliphatic rings. The Balaban J connectivity index is 2.08. The normalized spacial score (nSPS) is 24.8.